The Kier molecular flexibility index (Phi) is 7.54. The van der Waals surface area contributed by atoms with Crippen LogP contribution in [0, 0.1) is 0 Å². The third-order valence-corrected chi connectivity index (χ3v) is 7.18. The van der Waals surface area contributed by atoms with Crippen molar-refractivity contribution in [2.24, 2.45) is 0 Å². The number of nitrogens with one attached hydrogen (secondary N) is 2. The number of rotatable bonds is 1. The average molecular weight is 556 g/mol. The van der Waals surface area contributed by atoms with E-state index < -0.39 is 6.04 Å². The van der Waals surface area contributed by atoms with Crippen LogP contribution in [0.1, 0.15) is 45.5 Å². The molecule has 2 aliphatic rings. The predicted octanol–water partition coefficient (Wildman–Crippen LogP) is 2.36. The Balaban J connectivity index is 1.22. The normalized spacial score (nSPS) is 20.1. The molecule has 5 heterocycles. The van der Waals surface area contributed by atoms with Crippen LogP contribution >= 0.6 is 0 Å². The van der Waals surface area contributed by atoms with Gasteiger partial charge in [-0.25, -0.2) is 0 Å². The monoisotopic (exact) mass is 555 g/mol. The van der Waals surface area contributed by atoms with E-state index in [1.54, 1.807) is 46.2 Å². The molecular weight excluding hydrogens is 526 g/mol. The molecule has 3 amide bonds. The largest absolute Gasteiger partial charge is 0.456 e. The van der Waals surface area contributed by atoms with Crippen molar-refractivity contribution in [2.75, 3.05) is 19.6 Å². The molecule has 0 saturated carbocycles. The number of pyridine rings is 2. The maximum atomic E-state index is 13.5. The number of carbonyl (C=O) groups is 3. The predicted molar refractivity (Wildman–Crippen MR) is 146 cm³/mol. The zero-order valence-corrected chi connectivity index (χ0v) is 22.2. The number of piperidine rings is 1. The van der Waals surface area contributed by atoms with Crippen LogP contribution in [0.3, 0.4) is 0 Å². The standard InChI is InChI=1S/C29H29N7O5/c37-26-7-2-9-31-28(38)20-13-22(15-30-14-20)41-21-5-1-4-19(12-21)17-40-25-8-11-35(16-24(25)33-26)29(39)23-6-3-10-36-18-32-34-27(23)36/h1,3-6,10,12-15,18,24-25H,2,7-9,11,16-17H2,(H,31,38)(H,33,37)/t24-,25-/m0/s1. The minimum absolute atomic E-state index is 0.174. The number of carbonyl (C=O) groups excluding carboxylic acids is 3. The summed E-state index contributed by atoms with van der Waals surface area (Å²) in [4.78, 5) is 44.9. The number of fused-ring (bicyclic) bond motifs is 6. The van der Waals surface area contributed by atoms with Crippen LogP contribution in [-0.2, 0) is 16.1 Å². The first kappa shape index (κ1) is 26.4. The van der Waals surface area contributed by atoms with Crippen molar-refractivity contribution in [3.63, 3.8) is 0 Å². The maximum absolute atomic E-state index is 13.5. The van der Waals surface area contributed by atoms with Gasteiger partial charge in [0, 0.05) is 38.4 Å². The van der Waals surface area contributed by atoms with Crippen molar-refractivity contribution < 1.29 is 23.9 Å². The van der Waals surface area contributed by atoms with E-state index in [1.807, 2.05) is 24.3 Å². The lowest BCUT2D eigenvalue weighted by atomic mass is 10.00. The topological polar surface area (TPSA) is 140 Å². The van der Waals surface area contributed by atoms with Gasteiger partial charge < -0.3 is 25.0 Å². The second-order valence-corrected chi connectivity index (χ2v) is 10.1. The van der Waals surface area contributed by atoms with Gasteiger partial charge in [-0.3, -0.25) is 23.8 Å². The van der Waals surface area contributed by atoms with Gasteiger partial charge in [0.05, 0.1) is 36.1 Å². The van der Waals surface area contributed by atoms with E-state index in [1.165, 1.54) is 6.20 Å². The third-order valence-electron chi connectivity index (χ3n) is 7.18. The molecular formula is C29H29N7O5. The summed E-state index contributed by atoms with van der Waals surface area (Å²) < 4.78 is 14.0. The lowest BCUT2D eigenvalue weighted by molar-refractivity contribution is -0.124. The second-order valence-electron chi connectivity index (χ2n) is 10.1. The fourth-order valence-corrected chi connectivity index (χ4v) is 5.11. The Morgan fingerprint density at radius 2 is 2.00 bits per heavy atom. The molecule has 41 heavy (non-hydrogen) atoms. The molecule has 2 N–H and O–H groups in total. The van der Waals surface area contributed by atoms with Gasteiger partial charge in [-0.05, 0) is 48.7 Å². The summed E-state index contributed by atoms with van der Waals surface area (Å²) in [6.45, 7) is 1.36. The van der Waals surface area contributed by atoms with Gasteiger partial charge in [0.25, 0.3) is 11.8 Å². The van der Waals surface area contributed by atoms with Gasteiger partial charge >= 0.3 is 0 Å². The molecule has 0 unspecified atom stereocenters. The Morgan fingerprint density at radius 3 is 2.93 bits per heavy atom. The number of aromatic nitrogens is 4. The summed E-state index contributed by atoms with van der Waals surface area (Å²) in [6.07, 6.45) is 7.24. The van der Waals surface area contributed by atoms with E-state index in [0.717, 1.165) is 5.56 Å². The third kappa shape index (κ3) is 6.02. The van der Waals surface area contributed by atoms with E-state index in [9.17, 15) is 14.4 Å². The molecule has 0 spiro atoms. The molecule has 6 rings (SSSR count). The summed E-state index contributed by atoms with van der Waals surface area (Å²) in [5, 5.41) is 13.9. The molecule has 210 valence electrons. The SMILES string of the molecule is O=C1CCCNC(=O)c2cncc(c2)Oc2cccc(c2)CO[C@H]2CCN(C(=O)c3cccn4cnnc34)C[C@@H]2N1. The fourth-order valence-electron chi connectivity index (χ4n) is 5.11. The van der Waals surface area contributed by atoms with Crippen molar-refractivity contribution in [3.8, 4) is 11.5 Å². The van der Waals surface area contributed by atoms with Crippen LogP contribution in [0.2, 0.25) is 0 Å². The van der Waals surface area contributed by atoms with Crippen LogP contribution in [0.15, 0.2) is 67.4 Å². The molecule has 1 fully saturated rings. The zero-order chi connectivity index (χ0) is 28.2. The highest BCUT2D eigenvalue weighted by molar-refractivity contribution is 5.99. The van der Waals surface area contributed by atoms with E-state index in [0.29, 0.717) is 60.8 Å². The molecule has 1 saturated heterocycles. The smallest absolute Gasteiger partial charge is 0.257 e. The Hall–Kier alpha value is -4.84. The molecule has 4 bridgehead atoms. The van der Waals surface area contributed by atoms with E-state index in [4.69, 9.17) is 9.47 Å². The van der Waals surface area contributed by atoms with Crippen molar-refractivity contribution in [1.29, 1.82) is 0 Å². The second kappa shape index (κ2) is 11.7. The van der Waals surface area contributed by atoms with Crippen molar-refractivity contribution in [2.45, 2.75) is 38.0 Å². The van der Waals surface area contributed by atoms with Gasteiger partial charge in [0.2, 0.25) is 5.91 Å². The molecule has 2 aliphatic heterocycles. The molecule has 4 aromatic rings. The lowest BCUT2D eigenvalue weighted by Gasteiger charge is -2.39. The molecule has 3 aromatic heterocycles. The maximum Gasteiger partial charge on any atom is 0.257 e. The number of benzene rings is 1. The van der Waals surface area contributed by atoms with Crippen LogP contribution in [0.5, 0.6) is 11.5 Å². The van der Waals surface area contributed by atoms with Gasteiger partial charge in [-0.15, -0.1) is 10.2 Å². The van der Waals surface area contributed by atoms with Gasteiger partial charge in [0.1, 0.15) is 17.8 Å². The van der Waals surface area contributed by atoms with Crippen molar-refractivity contribution >= 4 is 23.4 Å². The van der Waals surface area contributed by atoms with Crippen LogP contribution in [0.4, 0.5) is 0 Å². The minimum atomic E-state index is -0.420. The summed E-state index contributed by atoms with van der Waals surface area (Å²) in [6, 6.07) is 12.2. The Labute approximate surface area is 235 Å². The number of likely N-dealkylation sites (tertiary alicyclic amines) is 1. The summed E-state index contributed by atoms with van der Waals surface area (Å²) >= 11 is 0. The van der Waals surface area contributed by atoms with E-state index in [-0.39, 0.29) is 36.8 Å². The van der Waals surface area contributed by atoms with Crippen LogP contribution in [-0.4, -0.2) is 74.0 Å². The highest BCUT2D eigenvalue weighted by atomic mass is 16.5. The van der Waals surface area contributed by atoms with Crippen LogP contribution < -0.4 is 15.4 Å². The molecule has 2 atom stereocenters. The Morgan fingerprint density at radius 1 is 1.07 bits per heavy atom. The number of ether oxygens (including phenoxy) is 2. The average Bonchev–Trinajstić information content (AvgIpc) is 3.47. The van der Waals surface area contributed by atoms with E-state index >= 15 is 0 Å². The first-order valence-corrected chi connectivity index (χ1v) is 13.5. The number of amides is 3. The first-order valence-electron chi connectivity index (χ1n) is 13.5. The fraction of sp³-hybridized carbons (Fsp3) is 0.310. The van der Waals surface area contributed by atoms with Gasteiger partial charge in [0.15, 0.2) is 5.65 Å². The van der Waals surface area contributed by atoms with Crippen LogP contribution in [0.25, 0.3) is 5.65 Å². The number of hydrogen-bond donors (Lipinski definition) is 2. The molecule has 12 nitrogen and oxygen atoms in total. The summed E-state index contributed by atoms with van der Waals surface area (Å²) in [5.74, 6) is 0.373. The number of nitrogens with zero attached hydrogens (tertiary/aromatic N) is 5. The molecule has 12 heteroatoms. The van der Waals surface area contributed by atoms with Gasteiger partial charge in [-0.1, -0.05) is 12.1 Å². The summed E-state index contributed by atoms with van der Waals surface area (Å²) in [5.41, 5.74) is 2.18. The van der Waals surface area contributed by atoms with Gasteiger partial charge in [-0.2, -0.15) is 0 Å². The number of hydrogen-bond acceptors (Lipinski definition) is 8. The highest BCUT2D eigenvalue weighted by Gasteiger charge is 2.34. The lowest BCUT2D eigenvalue weighted by Crippen LogP contribution is -2.57. The van der Waals surface area contributed by atoms with Crippen molar-refractivity contribution in [1.82, 2.24) is 35.1 Å². The van der Waals surface area contributed by atoms with E-state index in [2.05, 4.69) is 25.8 Å². The zero-order valence-electron chi connectivity index (χ0n) is 22.2. The molecule has 0 aliphatic carbocycles. The van der Waals surface area contributed by atoms with Crippen molar-refractivity contribution in [3.05, 3.63) is 84.1 Å². The summed E-state index contributed by atoms with van der Waals surface area (Å²) in [7, 11) is 0. The Bertz CT molecular complexity index is 1590. The molecule has 1 aromatic carbocycles. The molecule has 0 radical (unpaired) electrons. The quantitative estimate of drug-likeness (QED) is 0.365. The first-order chi connectivity index (χ1) is 20.0. The minimum Gasteiger partial charge on any atom is -0.456 e. The highest BCUT2D eigenvalue weighted by Crippen LogP contribution is 2.25.